The van der Waals surface area contributed by atoms with Crippen molar-refractivity contribution in [3.63, 3.8) is 0 Å². The number of aliphatic hydroxyl groups is 1. The summed E-state index contributed by atoms with van der Waals surface area (Å²) in [5.74, 6) is -1.06. The van der Waals surface area contributed by atoms with Crippen LogP contribution in [0.3, 0.4) is 0 Å². The molecule has 1 rings (SSSR count). The standard InChI is InChI=1S/C24H39N3O6/c1-6-8-9-13-25-21(30)20(17-11-10-12-18(29)15-17)27(14-7-2)22(31)19(16-28)26-23(32)33-24(3,4)5/h10-12,15,19-20,28-29H,6-9,13-14,16H2,1-5H3,(H,25,30)(H,26,32). The summed E-state index contributed by atoms with van der Waals surface area (Å²) in [5.41, 5.74) is -0.350. The topological polar surface area (TPSA) is 128 Å². The third kappa shape index (κ3) is 9.69. The largest absolute Gasteiger partial charge is 0.508 e. The summed E-state index contributed by atoms with van der Waals surface area (Å²) in [7, 11) is 0. The van der Waals surface area contributed by atoms with E-state index in [-0.39, 0.29) is 12.3 Å². The highest BCUT2D eigenvalue weighted by Gasteiger charge is 2.35. The molecule has 2 unspecified atom stereocenters. The number of unbranched alkanes of at least 4 members (excludes halogenated alkanes) is 2. The van der Waals surface area contributed by atoms with E-state index in [4.69, 9.17) is 4.74 Å². The quantitative estimate of drug-likeness (QED) is 0.352. The van der Waals surface area contributed by atoms with Crippen molar-refractivity contribution in [1.29, 1.82) is 0 Å². The highest BCUT2D eigenvalue weighted by Crippen LogP contribution is 2.26. The number of rotatable bonds is 12. The summed E-state index contributed by atoms with van der Waals surface area (Å²) in [6.07, 6.45) is 2.46. The number of phenols is 1. The molecule has 0 fully saturated rings. The van der Waals surface area contributed by atoms with Gasteiger partial charge in [0, 0.05) is 13.1 Å². The molecule has 2 atom stereocenters. The lowest BCUT2D eigenvalue weighted by Gasteiger charge is -2.34. The number of nitrogens with zero attached hydrogens (tertiary/aromatic N) is 1. The highest BCUT2D eigenvalue weighted by molar-refractivity contribution is 5.92. The number of phenolic OH excluding ortho intramolecular Hbond substituents is 1. The van der Waals surface area contributed by atoms with Crippen molar-refractivity contribution >= 4 is 17.9 Å². The molecule has 33 heavy (non-hydrogen) atoms. The smallest absolute Gasteiger partial charge is 0.408 e. The lowest BCUT2D eigenvalue weighted by atomic mass is 10.0. The molecule has 0 aliphatic heterocycles. The number of carbonyl (C=O) groups excluding carboxylic acids is 3. The van der Waals surface area contributed by atoms with E-state index in [1.807, 2.05) is 6.92 Å². The van der Waals surface area contributed by atoms with Crippen LogP contribution >= 0.6 is 0 Å². The first-order valence-corrected chi connectivity index (χ1v) is 11.5. The van der Waals surface area contributed by atoms with Crippen molar-refractivity contribution in [1.82, 2.24) is 15.5 Å². The predicted octanol–water partition coefficient (Wildman–Crippen LogP) is 2.86. The molecule has 4 N–H and O–H groups in total. The van der Waals surface area contributed by atoms with Gasteiger partial charge in [-0.1, -0.05) is 38.8 Å². The van der Waals surface area contributed by atoms with Gasteiger partial charge in [-0.3, -0.25) is 9.59 Å². The number of carbonyl (C=O) groups is 3. The average molecular weight is 466 g/mol. The van der Waals surface area contributed by atoms with Gasteiger partial charge >= 0.3 is 6.09 Å². The molecule has 0 saturated heterocycles. The molecular formula is C24H39N3O6. The number of amides is 3. The van der Waals surface area contributed by atoms with E-state index in [0.29, 0.717) is 18.5 Å². The number of benzene rings is 1. The van der Waals surface area contributed by atoms with E-state index in [1.165, 1.54) is 17.0 Å². The van der Waals surface area contributed by atoms with Gasteiger partial charge < -0.3 is 30.5 Å². The number of hydrogen-bond donors (Lipinski definition) is 4. The second-order valence-corrected chi connectivity index (χ2v) is 8.91. The maximum atomic E-state index is 13.4. The third-order valence-electron chi connectivity index (χ3n) is 4.74. The Kier molecular flexibility index (Phi) is 11.7. The van der Waals surface area contributed by atoms with Crippen LogP contribution < -0.4 is 10.6 Å². The predicted molar refractivity (Wildman–Crippen MR) is 126 cm³/mol. The maximum absolute atomic E-state index is 13.4. The number of aliphatic hydroxyl groups excluding tert-OH is 1. The van der Waals surface area contributed by atoms with Gasteiger partial charge in [0.15, 0.2) is 0 Å². The third-order valence-corrected chi connectivity index (χ3v) is 4.74. The van der Waals surface area contributed by atoms with Gasteiger partial charge in [0.1, 0.15) is 23.4 Å². The van der Waals surface area contributed by atoms with Crippen molar-refractivity contribution < 1.29 is 29.3 Å². The number of alkyl carbamates (subject to hydrolysis) is 1. The Morgan fingerprint density at radius 3 is 2.36 bits per heavy atom. The Labute approximate surface area is 196 Å². The minimum Gasteiger partial charge on any atom is -0.508 e. The molecule has 0 aliphatic rings. The summed E-state index contributed by atoms with van der Waals surface area (Å²) < 4.78 is 5.20. The molecule has 0 radical (unpaired) electrons. The molecule has 1 aromatic rings. The van der Waals surface area contributed by atoms with Crippen molar-refractivity contribution in [2.75, 3.05) is 19.7 Å². The van der Waals surface area contributed by atoms with Crippen molar-refractivity contribution in [3.8, 4) is 5.75 Å². The zero-order valence-corrected chi connectivity index (χ0v) is 20.4. The summed E-state index contributed by atoms with van der Waals surface area (Å²) >= 11 is 0. The van der Waals surface area contributed by atoms with Crippen LogP contribution in [0.2, 0.25) is 0 Å². The van der Waals surface area contributed by atoms with Crippen LogP contribution in [-0.4, -0.2) is 64.4 Å². The van der Waals surface area contributed by atoms with Crippen LogP contribution in [0.4, 0.5) is 4.79 Å². The van der Waals surface area contributed by atoms with Crippen molar-refractivity contribution in [2.45, 2.75) is 78.0 Å². The van der Waals surface area contributed by atoms with Crippen LogP contribution in [0, 0.1) is 0 Å². The van der Waals surface area contributed by atoms with Gasteiger partial charge in [0.25, 0.3) is 0 Å². The Hall–Kier alpha value is -2.81. The van der Waals surface area contributed by atoms with E-state index < -0.39 is 42.2 Å². The van der Waals surface area contributed by atoms with E-state index in [2.05, 4.69) is 17.6 Å². The van der Waals surface area contributed by atoms with Gasteiger partial charge in [-0.15, -0.1) is 0 Å². The van der Waals surface area contributed by atoms with Gasteiger partial charge in [-0.2, -0.15) is 0 Å². The van der Waals surface area contributed by atoms with Crippen LogP contribution in [0.25, 0.3) is 0 Å². The average Bonchev–Trinajstić information content (AvgIpc) is 2.73. The lowest BCUT2D eigenvalue weighted by Crippen LogP contribution is -2.54. The highest BCUT2D eigenvalue weighted by atomic mass is 16.6. The fourth-order valence-electron chi connectivity index (χ4n) is 3.29. The molecule has 9 heteroatoms. The fourth-order valence-corrected chi connectivity index (χ4v) is 3.29. The zero-order valence-electron chi connectivity index (χ0n) is 20.4. The zero-order chi connectivity index (χ0) is 25.0. The maximum Gasteiger partial charge on any atom is 0.408 e. The second-order valence-electron chi connectivity index (χ2n) is 8.91. The Balaban J connectivity index is 3.23. The van der Waals surface area contributed by atoms with Crippen molar-refractivity contribution in [3.05, 3.63) is 29.8 Å². The SMILES string of the molecule is CCCCCNC(=O)C(c1cccc(O)c1)N(CCC)C(=O)C(CO)NC(=O)OC(C)(C)C. The molecule has 186 valence electrons. The molecular weight excluding hydrogens is 426 g/mol. The first kappa shape index (κ1) is 28.2. The van der Waals surface area contributed by atoms with Gasteiger partial charge in [0.2, 0.25) is 11.8 Å². The van der Waals surface area contributed by atoms with Gasteiger partial charge in [-0.05, 0) is 51.3 Å². The normalized spacial score (nSPS) is 13.0. The molecule has 0 bridgehead atoms. The van der Waals surface area contributed by atoms with E-state index in [0.717, 1.165) is 19.3 Å². The fraction of sp³-hybridized carbons (Fsp3) is 0.625. The van der Waals surface area contributed by atoms with Crippen LogP contribution in [0.5, 0.6) is 5.75 Å². The summed E-state index contributed by atoms with van der Waals surface area (Å²) in [4.78, 5) is 40.1. The molecule has 0 saturated carbocycles. The van der Waals surface area contributed by atoms with E-state index in [1.54, 1.807) is 32.9 Å². The minimum absolute atomic E-state index is 0.0363. The Bertz CT molecular complexity index is 778. The van der Waals surface area contributed by atoms with Crippen molar-refractivity contribution in [2.24, 2.45) is 0 Å². The number of nitrogens with one attached hydrogen (secondary N) is 2. The number of ether oxygens (including phenoxy) is 1. The number of hydrogen-bond acceptors (Lipinski definition) is 6. The summed E-state index contributed by atoms with van der Waals surface area (Å²) in [6, 6.07) is 3.83. The lowest BCUT2D eigenvalue weighted by molar-refractivity contribution is -0.143. The van der Waals surface area contributed by atoms with Crippen LogP contribution in [0.1, 0.15) is 71.9 Å². The van der Waals surface area contributed by atoms with Crippen LogP contribution in [-0.2, 0) is 14.3 Å². The molecule has 3 amide bonds. The van der Waals surface area contributed by atoms with E-state index >= 15 is 0 Å². The summed E-state index contributed by atoms with van der Waals surface area (Å²) in [5, 5.41) is 25.1. The Morgan fingerprint density at radius 1 is 1.12 bits per heavy atom. The molecule has 0 heterocycles. The second kappa shape index (κ2) is 13.7. The number of aromatic hydroxyl groups is 1. The minimum atomic E-state index is -1.29. The molecule has 0 aliphatic carbocycles. The van der Waals surface area contributed by atoms with Gasteiger partial charge in [0.05, 0.1) is 6.61 Å². The monoisotopic (exact) mass is 465 g/mol. The summed E-state index contributed by atoms with van der Waals surface area (Å²) in [6.45, 7) is 8.97. The molecule has 0 aromatic heterocycles. The molecule has 1 aromatic carbocycles. The van der Waals surface area contributed by atoms with E-state index in [9.17, 15) is 24.6 Å². The first-order valence-electron chi connectivity index (χ1n) is 11.5. The van der Waals surface area contributed by atoms with Gasteiger partial charge in [-0.25, -0.2) is 4.79 Å². The Morgan fingerprint density at radius 2 is 1.82 bits per heavy atom. The molecule has 9 nitrogen and oxygen atoms in total. The first-order chi connectivity index (χ1) is 15.5. The molecule has 0 spiro atoms. The van der Waals surface area contributed by atoms with Crippen LogP contribution in [0.15, 0.2) is 24.3 Å².